The third kappa shape index (κ3) is 2.45. The van der Waals surface area contributed by atoms with Crippen molar-refractivity contribution in [2.75, 3.05) is 5.73 Å². The summed E-state index contributed by atoms with van der Waals surface area (Å²) < 4.78 is 5.67. The Kier molecular flexibility index (Phi) is 3.29. The molecular formula is C16H12N4O2S. The molecule has 0 atom stereocenters. The van der Waals surface area contributed by atoms with Crippen LogP contribution in [0.3, 0.4) is 0 Å². The number of nitrogens with two attached hydrogens (primary N) is 1. The highest BCUT2D eigenvalue weighted by molar-refractivity contribution is 7.15. The van der Waals surface area contributed by atoms with E-state index in [1.165, 1.54) is 11.3 Å². The molecule has 0 spiro atoms. The molecular weight excluding hydrogens is 312 g/mol. The molecule has 4 aromatic rings. The molecule has 0 radical (unpaired) electrons. The molecule has 0 aliphatic carbocycles. The summed E-state index contributed by atoms with van der Waals surface area (Å²) in [5.41, 5.74) is 8.64. The molecule has 3 N–H and O–H groups in total. The fourth-order valence-electron chi connectivity index (χ4n) is 2.28. The number of aromatic nitrogens is 3. The largest absolute Gasteiger partial charge is 0.418 e. The van der Waals surface area contributed by atoms with Gasteiger partial charge in [-0.05, 0) is 30.3 Å². The Morgan fingerprint density at radius 1 is 1.22 bits per heavy atom. The van der Waals surface area contributed by atoms with Gasteiger partial charge in [-0.25, -0.2) is 15.0 Å². The van der Waals surface area contributed by atoms with Gasteiger partial charge in [-0.3, -0.25) is 0 Å². The van der Waals surface area contributed by atoms with E-state index in [4.69, 9.17) is 10.2 Å². The average Bonchev–Trinajstić information content (AvgIpc) is 3.21. The van der Waals surface area contributed by atoms with Crippen LogP contribution >= 0.6 is 11.3 Å². The average molecular weight is 324 g/mol. The third-order valence-electron chi connectivity index (χ3n) is 3.42. The van der Waals surface area contributed by atoms with Crippen molar-refractivity contribution in [1.29, 1.82) is 0 Å². The first-order chi connectivity index (χ1) is 11.2. The number of hydrogen-bond donors (Lipinski definition) is 2. The van der Waals surface area contributed by atoms with E-state index in [1.807, 2.05) is 24.3 Å². The zero-order valence-electron chi connectivity index (χ0n) is 11.9. The smallest absolute Gasteiger partial charge is 0.247 e. The fourth-order valence-corrected chi connectivity index (χ4v) is 3.13. The van der Waals surface area contributed by atoms with Crippen LogP contribution in [-0.2, 0) is 6.61 Å². The van der Waals surface area contributed by atoms with Crippen LogP contribution in [0.1, 0.15) is 4.88 Å². The SMILES string of the molecule is Nc1ncc(-c2ccc(CO)s2)cc1-c1nc2cccnc2o1. The Morgan fingerprint density at radius 2 is 2.13 bits per heavy atom. The Bertz CT molecular complexity index is 960. The molecule has 114 valence electrons. The molecule has 0 bridgehead atoms. The maximum Gasteiger partial charge on any atom is 0.247 e. The second-order valence-corrected chi connectivity index (χ2v) is 6.10. The predicted octanol–water partition coefficient (Wildman–Crippen LogP) is 3.09. The van der Waals surface area contributed by atoms with Gasteiger partial charge in [0, 0.05) is 27.7 Å². The fraction of sp³-hybridized carbons (Fsp3) is 0.0625. The van der Waals surface area contributed by atoms with Crippen molar-refractivity contribution >= 4 is 28.4 Å². The Hall–Kier alpha value is -2.77. The van der Waals surface area contributed by atoms with E-state index in [9.17, 15) is 5.11 Å². The lowest BCUT2D eigenvalue weighted by Gasteiger charge is -2.03. The van der Waals surface area contributed by atoms with E-state index in [0.29, 0.717) is 28.5 Å². The van der Waals surface area contributed by atoms with Crippen molar-refractivity contribution in [1.82, 2.24) is 15.0 Å². The first kappa shape index (κ1) is 13.9. The zero-order valence-corrected chi connectivity index (χ0v) is 12.7. The summed E-state index contributed by atoms with van der Waals surface area (Å²) in [4.78, 5) is 14.7. The number of thiophene rings is 1. The number of aliphatic hydroxyl groups excluding tert-OH is 1. The molecule has 4 aromatic heterocycles. The number of nitrogens with zero attached hydrogens (tertiary/aromatic N) is 3. The number of fused-ring (bicyclic) bond motifs is 1. The molecule has 0 aromatic carbocycles. The van der Waals surface area contributed by atoms with Crippen molar-refractivity contribution in [2.24, 2.45) is 0 Å². The van der Waals surface area contributed by atoms with Crippen LogP contribution in [0.5, 0.6) is 0 Å². The molecule has 0 fully saturated rings. The Labute approximate surface area is 135 Å². The highest BCUT2D eigenvalue weighted by atomic mass is 32.1. The van der Waals surface area contributed by atoms with Crippen molar-refractivity contribution in [2.45, 2.75) is 6.61 Å². The second-order valence-electron chi connectivity index (χ2n) is 4.93. The lowest BCUT2D eigenvalue weighted by atomic mass is 10.1. The van der Waals surface area contributed by atoms with Crippen LogP contribution in [0.4, 0.5) is 5.82 Å². The molecule has 4 rings (SSSR count). The minimum Gasteiger partial charge on any atom is -0.418 e. The summed E-state index contributed by atoms with van der Waals surface area (Å²) in [6.45, 7) is 0.0245. The first-order valence-corrected chi connectivity index (χ1v) is 7.73. The van der Waals surface area contributed by atoms with Crippen LogP contribution in [0.25, 0.3) is 33.1 Å². The maximum absolute atomic E-state index is 9.20. The number of oxazole rings is 1. The lowest BCUT2D eigenvalue weighted by molar-refractivity contribution is 0.285. The van der Waals surface area contributed by atoms with Gasteiger partial charge in [0.15, 0.2) is 0 Å². The summed E-state index contributed by atoms with van der Waals surface area (Å²) >= 11 is 1.51. The highest BCUT2D eigenvalue weighted by Crippen LogP contribution is 2.33. The molecule has 0 aliphatic rings. The molecule has 0 aliphatic heterocycles. The zero-order chi connectivity index (χ0) is 15.8. The van der Waals surface area contributed by atoms with Crippen molar-refractivity contribution in [3.05, 3.63) is 47.6 Å². The van der Waals surface area contributed by atoms with Gasteiger partial charge in [-0.1, -0.05) is 0 Å². The van der Waals surface area contributed by atoms with Gasteiger partial charge in [-0.15, -0.1) is 11.3 Å². The number of rotatable bonds is 3. The van der Waals surface area contributed by atoms with Crippen molar-refractivity contribution in [3.63, 3.8) is 0 Å². The molecule has 4 heterocycles. The van der Waals surface area contributed by atoms with Crippen molar-refractivity contribution in [3.8, 4) is 21.9 Å². The number of nitrogen functional groups attached to an aromatic ring is 1. The van der Waals surface area contributed by atoms with Crippen molar-refractivity contribution < 1.29 is 9.52 Å². The predicted molar refractivity (Wildman–Crippen MR) is 88.7 cm³/mol. The molecule has 6 nitrogen and oxygen atoms in total. The topological polar surface area (TPSA) is 98.1 Å². The van der Waals surface area contributed by atoms with Gasteiger partial charge in [0.2, 0.25) is 11.6 Å². The molecule has 0 amide bonds. The maximum atomic E-state index is 9.20. The number of aliphatic hydroxyl groups is 1. The van der Waals surface area contributed by atoms with E-state index in [0.717, 1.165) is 15.3 Å². The van der Waals surface area contributed by atoms with Gasteiger partial charge < -0.3 is 15.3 Å². The summed E-state index contributed by atoms with van der Waals surface area (Å²) in [6.07, 6.45) is 3.35. The standard InChI is InChI=1S/C16H12N4O2S/c17-14-11(15-20-12-2-1-5-18-16(12)22-15)6-9(7-19-14)13-4-3-10(8-21)23-13/h1-7,21H,8H2,(H2,17,19). The van der Waals surface area contributed by atoms with Gasteiger partial charge in [-0.2, -0.15) is 0 Å². The summed E-state index contributed by atoms with van der Waals surface area (Å²) in [5.74, 6) is 0.740. The van der Waals surface area contributed by atoms with E-state index >= 15 is 0 Å². The number of hydrogen-bond acceptors (Lipinski definition) is 7. The number of pyridine rings is 2. The monoisotopic (exact) mass is 324 g/mol. The van der Waals surface area contributed by atoms with Crippen LogP contribution < -0.4 is 5.73 Å². The van der Waals surface area contributed by atoms with Gasteiger partial charge >= 0.3 is 0 Å². The van der Waals surface area contributed by atoms with E-state index < -0.39 is 0 Å². The van der Waals surface area contributed by atoms with E-state index in [2.05, 4.69) is 15.0 Å². The van der Waals surface area contributed by atoms with Crippen LogP contribution in [-0.4, -0.2) is 20.1 Å². The summed E-state index contributed by atoms with van der Waals surface area (Å²) in [7, 11) is 0. The molecule has 0 saturated carbocycles. The molecule has 0 unspecified atom stereocenters. The van der Waals surface area contributed by atoms with Crippen LogP contribution in [0, 0.1) is 0 Å². The first-order valence-electron chi connectivity index (χ1n) is 6.92. The second kappa shape index (κ2) is 5.45. The normalized spacial score (nSPS) is 11.2. The summed E-state index contributed by atoms with van der Waals surface area (Å²) in [5, 5.41) is 9.20. The molecule has 7 heteroatoms. The van der Waals surface area contributed by atoms with Gasteiger partial charge in [0.1, 0.15) is 11.3 Å². The third-order valence-corrected chi connectivity index (χ3v) is 4.54. The quantitative estimate of drug-likeness (QED) is 0.601. The van der Waals surface area contributed by atoms with E-state index in [-0.39, 0.29) is 6.61 Å². The van der Waals surface area contributed by atoms with Crippen LogP contribution in [0.2, 0.25) is 0 Å². The Balaban J connectivity index is 1.83. The van der Waals surface area contributed by atoms with Crippen LogP contribution in [0.15, 0.2) is 47.1 Å². The molecule has 0 saturated heterocycles. The highest BCUT2D eigenvalue weighted by Gasteiger charge is 2.14. The minimum atomic E-state index is 0.0245. The summed E-state index contributed by atoms with van der Waals surface area (Å²) in [6, 6.07) is 9.35. The van der Waals surface area contributed by atoms with Gasteiger partial charge in [0.25, 0.3) is 0 Å². The minimum absolute atomic E-state index is 0.0245. The molecule has 23 heavy (non-hydrogen) atoms. The lowest BCUT2D eigenvalue weighted by Crippen LogP contribution is -1.94. The van der Waals surface area contributed by atoms with E-state index in [1.54, 1.807) is 18.5 Å². The Morgan fingerprint density at radius 3 is 2.91 bits per heavy atom. The number of anilines is 1. The van der Waals surface area contributed by atoms with Gasteiger partial charge in [0.05, 0.1) is 12.2 Å².